The Morgan fingerprint density at radius 1 is 0.700 bits per heavy atom. The van der Waals surface area contributed by atoms with Crippen LogP contribution in [0.4, 0.5) is 0 Å². The number of rotatable bonds is 9. The standard InChI is InChI=1S/C24H28N6/c1-3-5-11-24(10-4-2,22-27-16-20(29-22)18-6-12-25-13-7-18)23-28-17-21(30-23)19-8-14-26-15-9-19/h6-9,12-17H,3-5,10-11H2,1-2H3,(H,27,29)(H,28,30). The van der Waals surface area contributed by atoms with E-state index in [-0.39, 0.29) is 5.41 Å². The molecule has 0 saturated carbocycles. The molecule has 0 saturated heterocycles. The van der Waals surface area contributed by atoms with Gasteiger partial charge in [-0.1, -0.05) is 33.1 Å². The molecule has 0 fully saturated rings. The van der Waals surface area contributed by atoms with E-state index < -0.39 is 0 Å². The van der Waals surface area contributed by atoms with Crippen molar-refractivity contribution in [2.24, 2.45) is 0 Å². The first kappa shape index (κ1) is 20.0. The van der Waals surface area contributed by atoms with Gasteiger partial charge in [0.25, 0.3) is 0 Å². The number of nitrogens with one attached hydrogen (secondary N) is 2. The van der Waals surface area contributed by atoms with Gasteiger partial charge < -0.3 is 9.97 Å². The van der Waals surface area contributed by atoms with Gasteiger partial charge in [0, 0.05) is 35.9 Å². The fourth-order valence-corrected chi connectivity index (χ4v) is 4.10. The van der Waals surface area contributed by atoms with Crippen LogP contribution in [-0.4, -0.2) is 29.9 Å². The number of pyridine rings is 2. The van der Waals surface area contributed by atoms with Crippen LogP contribution >= 0.6 is 0 Å². The zero-order valence-corrected chi connectivity index (χ0v) is 17.6. The second-order valence-electron chi connectivity index (χ2n) is 7.70. The Morgan fingerprint density at radius 2 is 1.20 bits per heavy atom. The summed E-state index contributed by atoms with van der Waals surface area (Å²) in [4.78, 5) is 25.1. The van der Waals surface area contributed by atoms with Gasteiger partial charge in [-0.25, -0.2) is 9.97 Å². The molecule has 6 heteroatoms. The maximum Gasteiger partial charge on any atom is 0.120 e. The summed E-state index contributed by atoms with van der Waals surface area (Å²) in [6.45, 7) is 4.45. The molecule has 0 atom stereocenters. The molecular weight excluding hydrogens is 372 g/mol. The first-order chi connectivity index (χ1) is 14.8. The van der Waals surface area contributed by atoms with Crippen LogP contribution in [0.1, 0.15) is 57.6 Å². The highest BCUT2D eigenvalue weighted by Gasteiger charge is 2.38. The Morgan fingerprint density at radius 3 is 1.63 bits per heavy atom. The number of unbranched alkanes of at least 4 members (excludes halogenated alkanes) is 1. The van der Waals surface area contributed by atoms with Crippen LogP contribution in [0.3, 0.4) is 0 Å². The number of H-pyrrole nitrogens is 2. The molecule has 0 spiro atoms. The minimum atomic E-state index is -0.276. The predicted octanol–water partition coefficient (Wildman–Crippen LogP) is 5.53. The quantitative estimate of drug-likeness (QED) is 0.387. The van der Waals surface area contributed by atoms with Crippen molar-refractivity contribution in [2.45, 2.75) is 51.4 Å². The summed E-state index contributed by atoms with van der Waals surface area (Å²) in [5, 5.41) is 0. The zero-order chi connectivity index (χ0) is 20.8. The van der Waals surface area contributed by atoms with E-state index in [2.05, 4.69) is 33.8 Å². The number of aromatic nitrogens is 6. The van der Waals surface area contributed by atoms with Crippen LogP contribution in [0.15, 0.2) is 61.4 Å². The monoisotopic (exact) mass is 400 g/mol. The molecule has 30 heavy (non-hydrogen) atoms. The van der Waals surface area contributed by atoms with Crippen molar-refractivity contribution in [3.05, 3.63) is 73.1 Å². The molecule has 0 aliphatic carbocycles. The maximum absolute atomic E-state index is 4.85. The molecule has 4 rings (SSSR count). The first-order valence-corrected chi connectivity index (χ1v) is 10.7. The minimum absolute atomic E-state index is 0.276. The Labute approximate surface area is 177 Å². The highest BCUT2D eigenvalue weighted by Crippen LogP contribution is 2.39. The Hall–Kier alpha value is -3.28. The van der Waals surface area contributed by atoms with Crippen LogP contribution in [0, 0.1) is 0 Å². The molecule has 0 radical (unpaired) electrons. The predicted molar refractivity (Wildman–Crippen MR) is 119 cm³/mol. The van der Waals surface area contributed by atoms with Gasteiger partial charge >= 0.3 is 0 Å². The van der Waals surface area contributed by atoms with Crippen LogP contribution in [-0.2, 0) is 5.41 Å². The third-order valence-corrected chi connectivity index (χ3v) is 5.67. The Balaban J connectivity index is 1.78. The maximum atomic E-state index is 4.85. The fraction of sp³-hybridized carbons (Fsp3) is 0.333. The van der Waals surface area contributed by atoms with E-state index >= 15 is 0 Å². The molecule has 0 aromatic carbocycles. The summed E-state index contributed by atoms with van der Waals surface area (Å²) >= 11 is 0. The van der Waals surface area contributed by atoms with Crippen molar-refractivity contribution in [3.8, 4) is 22.5 Å². The lowest BCUT2D eigenvalue weighted by atomic mass is 9.77. The molecule has 0 aliphatic heterocycles. The Bertz CT molecular complexity index is 974. The summed E-state index contributed by atoms with van der Waals surface area (Å²) in [6.07, 6.45) is 16.3. The van der Waals surface area contributed by atoms with Crippen molar-refractivity contribution in [3.63, 3.8) is 0 Å². The summed E-state index contributed by atoms with van der Waals surface area (Å²) < 4.78 is 0. The minimum Gasteiger partial charge on any atom is -0.341 e. The van der Waals surface area contributed by atoms with E-state index in [4.69, 9.17) is 9.97 Å². The van der Waals surface area contributed by atoms with Crippen molar-refractivity contribution in [2.75, 3.05) is 0 Å². The van der Waals surface area contributed by atoms with E-state index in [0.717, 1.165) is 66.3 Å². The number of hydrogen-bond acceptors (Lipinski definition) is 4. The van der Waals surface area contributed by atoms with E-state index in [1.54, 1.807) is 24.8 Å². The summed E-state index contributed by atoms with van der Waals surface area (Å²) in [5.74, 6) is 1.94. The molecule has 154 valence electrons. The van der Waals surface area contributed by atoms with E-state index in [1.807, 2.05) is 36.7 Å². The molecular formula is C24H28N6. The fourth-order valence-electron chi connectivity index (χ4n) is 4.10. The topological polar surface area (TPSA) is 83.1 Å². The molecule has 0 unspecified atom stereocenters. The van der Waals surface area contributed by atoms with Gasteiger partial charge in [-0.15, -0.1) is 0 Å². The van der Waals surface area contributed by atoms with Crippen LogP contribution < -0.4 is 0 Å². The molecule has 2 N–H and O–H groups in total. The second kappa shape index (κ2) is 9.03. The average Bonchev–Trinajstić information content (AvgIpc) is 3.49. The van der Waals surface area contributed by atoms with Gasteiger partial charge in [-0.05, 0) is 37.1 Å². The molecule has 4 aromatic heterocycles. The van der Waals surface area contributed by atoms with E-state index in [9.17, 15) is 0 Å². The number of imidazole rings is 2. The number of hydrogen-bond donors (Lipinski definition) is 2. The van der Waals surface area contributed by atoms with Crippen molar-refractivity contribution >= 4 is 0 Å². The highest BCUT2D eigenvalue weighted by molar-refractivity contribution is 5.59. The molecule has 0 amide bonds. The Kier molecular flexibility index (Phi) is 6.02. The van der Waals surface area contributed by atoms with Gasteiger partial charge in [0.15, 0.2) is 0 Å². The van der Waals surface area contributed by atoms with Crippen molar-refractivity contribution < 1.29 is 0 Å². The van der Waals surface area contributed by atoms with Crippen LogP contribution in [0.5, 0.6) is 0 Å². The lowest BCUT2D eigenvalue weighted by Gasteiger charge is -2.30. The van der Waals surface area contributed by atoms with Crippen molar-refractivity contribution in [1.29, 1.82) is 0 Å². The highest BCUT2D eigenvalue weighted by atomic mass is 15.0. The summed E-state index contributed by atoms with van der Waals surface area (Å²) in [5.41, 5.74) is 3.90. The largest absolute Gasteiger partial charge is 0.341 e. The van der Waals surface area contributed by atoms with Gasteiger partial charge in [-0.3, -0.25) is 9.97 Å². The normalized spacial score (nSPS) is 11.7. The van der Waals surface area contributed by atoms with Crippen molar-refractivity contribution in [1.82, 2.24) is 29.9 Å². The van der Waals surface area contributed by atoms with Gasteiger partial charge in [0.1, 0.15) is 11.6 Å². The zero-order valence-electron chi connectivity index (χ0n) is 17.6. The summed E-state index contributed by atoms with van der Waals surface area (Å²) in [6, 6.07) is 8.00. The smallest absolute Gasteiger partial charge is 0.120 e. The molecule has 6 nitrogen and oxygen atoms in total. The molecule has 0 bridgehead atoms. The third kappa shape index (κ3) is 3.90. The first-order valence-electron chi connectivity index (χ1n) is 10.7. The summed E-state index contributed by atoms with van der Waals surface area (Å²) in [7, 11) is 0. The van der Waals surface area contributed by atoms with Gasteiger partial charge in [0.2, 0.25) is 0 Å². The third-order valence-electron chi connectivity index (χ3n) is 5.67. The van der Waals surface area contributed by atoms with Gasteiger partial charge in [-0.2, -0.15) is 0 Å². The second-order valence-corrected chi connectivity index (χ2v) is 7.70. The van der Waals surface area contributed by atoms with Crippen LogP contribution in [0.25, 0.3) is 22.5 Å². The molecule has 0 aliphatic rings. The van der Waals surface area contributed by atoms with E-state index in [0.29, 0.717) is 0 Å². The average molecular weight is 401 g/mol. The molecule has 4 aromatic rings. The SMILES string of the molecule is CCCCC(CCC)(c1ncc(-c2ccncc2)[nH]1)c1ncc(-c2ccncc2)[nH]1. The van der Waals surface area contributed by atoms with Crippen LogP contribution in [0.2, 0.25) is 0 Å². The van der Waals surface area contributed by atoms with E-state index in [1.165, 1.54) is 0 Å². The number of nitrogens with zero attached hydrogens (tertiary/aromatic N) is 4. The molecule has 4 heterocycles. The lowest BCUT2D eigenvalue weighted by molar-refractivity contribution is 0.379. The van der Waals surface area contributed by atoms with Gasteiger partial charge in [0.05, 0.1) is 29.2 Å². The lowest BCUT2D eigenvalue weighted by Crippen LogP contribution is -2.31. The number of aromatic amines is 2.